The van der Waals surface area contributed by atoms with Crippen LogP contribution in [0.4, 0.5) is 0 Å². The average molecular weight is 316 g/mol. The molecule has 128 valence electrons. The molecule has 0 N–H and O–H groups in total. The molecule has 0 spiro atoms. The van der Waals surface area contributed by atoms with E-state index in [-0.39, 0.29) is 0 Å². The molecule has 1 saturated heterocycles. The molecule has 1 saturated carbocycles. The van der Waals surface area contributed by atoms with Crippen molar-refractivity contribution in [2.75, 3.05) is 26.2 Å². The third-order valence-corrected chi connectivity index (χ3v) is 6.32. The number of benzene rings is 1. The van der Waals surface area contributed by atoms with Crippen molar-refractivity contribution in [1.29, 1.82) is 0 Å². The van der Waals surface area contributed by atoms with Crippen LogP contribution in [0.1, 0.15) is 51.5 Å². The van der Waals surface area contributed by atoms with Gasteiger partial charge in [0, 0.05) is 13.2 Å². The lowest BCUT2D eigenvalue weighted by atomic mass is 9.53. The van der Waals surface area contributed by atoms with E-state index in [2.05, 4.69) is 49.1 Å². The van der Waals surface area contributed by atoms with Gasteiger partial charge in [0.15, 0.2) is 0 Å². The van der Waals surface area contributed by atoms with Gasteiger partial charge in [-0.1, -0.05) is 50.6 Å². The smallest absolute Gasteiger partial charge is 0.0716 e. The number of rotatable bonds is 7. The van der Waals surface area contributed by atoms with Crippen LogP contribution in [-0.2, 0) is 11.3 Å². The third-order valence-electron chi connectivity index (χ3n) is 6.32. The van der Waals surface area contributed by atoms with Crippen molar-refractivity contribution < 1.29 is 4.74 Å². The zero-order valence-corrected chi connectivity index (χ0v) is 15.0. The summed E-state index contributed by atoms with van der Waals surface area (Å²) in [6.45, 7) is 10.6. The largest absolute Gasteiger partial charge is 0.377 e. The molecule has 0 radical (unpaired) electrons. The van der Waals surface area contributed by atoms with Crippen molar-refractivity contribution in [3.63, 3.8) is 0 Å². The lowest BCUT2D eigenvalue weighted by Gasteiger charge is -2.54. The zero-order valence-electron chi connectivity index (χ0n) is 15.0. The number of hydrogen-bond acceptors (Lipinski definition) is 2. The average Bonchev–Trinajstić information content (AvgIpc) is 2.58. The van der Waals surface area contributed by atoms with Crippen molar-refractivity contribution in [2.24, 2.45) is 17.3 Å². The molecule has 2 fully saturated rings. The van der Waals surface area contributed by atoms with Gasteiger partial charge in [0.1, 0.15) is 0 Å². The van der Waals surface area contributed by atoms with Gasteiger partial charge in [0.2, 0.25) is 0 Å². The highest BCUT2D eigenvalue weighted by Gasteiger charge is 2.47. The minimum atomic E-state index is 0.494. The molecule has 2 atom stereocenters. The number of likely N-dealkylation sites (tertiary alicyclic amines) is 1. The summed E-state index contributed by atoms with van der Waals surface area (Å²) in [7, 11) is 0. The standard InChI is InChI=1S/C21H33NO/c1-21(2)19(11-14-23-17-18-9-5-3-6-10-18)15-20(21)16-22-12-7-4-8-13-22/h3,5-6,9-10,19-20H,4,7-8,11-17H2,1-2H3/t19-,20?/m0/s1. The van der Waals surface area contributed by atoms with Gasteiger partial charge in [0.25, 0.3) is 0 Å². The molecular formula is C21H33NO. The maximum atomic E-state index is 5.89. The lowest BCUT2D eigenvalue weighted by Crippen LogP contribution is -2.51. The molecule has 0 aromatic heterocycles. The first kappa shape index (κ1) is 17.0. The van der Waals surface area contributed by atoms with Crippen LogP contribution in [0, 0.1) is 17.3 Å². The quantitative estimate of drug-likeness (QED) is 0.674. The van der Waals surface area contributed by atoms with Gasteiger partial charge in [-0.15, -0.1) is 0 Å². The van der Waals surface area contributed by atoms with Crippen LogP contribution in [0.2, 0.25) is 0 Å². The zero-order chi connectivity index (χ0) is 16.1. The predicted molar refractivity (Wildman–Crippen MR) is 96.4 cm³/mol. The first-order valence-corrected chi connectivity index (χ1v) is 9.50. The van der Waals surface area contributed by atoms with Gasteiger partial charge >= 0.3 is 0 Å². The Balaban J connectivity index is 1.35. The molecule has 2 heteroatoms. The number of nitrogens with zero attached hydrogens (tertiary/aromatic N) is 1. The van der Waals surface area contributed by atoms with Gasteiger partial charge < -0.3 is 9.64 Å². The van der Waals surface area contributed by atoms with E-state index in [1.54, 1.807) is 0 Å². The van der Waals surface area contributed by atoms with Gasteiger partial charge in [0.05, 0.1) is 6.61 Å². The lowest BCUT2D eigenvalue weighted by molar-refractivity contribution is -0.0590. The van der Waals surface area contributed by atoms with Crippen molar-refractivity contribution >= 4 is 0 Å². The van der Waals surface area contributed by atoms with Crippen molar-refractivity contribution in [3.05, 3.63) is 35.9 Å². The summed E-state index contributed by atoms with van der Waals surface area (Å²) >= 11 is 0. The molecule has 1 aliphatic carbocycles. The highest BCUT2D eigenvalue weighted by Crippen LogP contribution is 2.53. The summed E-state index contributed by atoms with van der Waals surface area (Å²) in [5, 5.41) is 0. The Bertz CT molecular complexity index is 464. The van der Waals surface area contributed by atoms with E-state index in [1.165, 1.54) is 57.3 Å². The van der Waals surface area contributed by atoms with Crippen LogP contribution in [0.3, 0.4) is 0 Å². The predicted octanol–water partition coefficient (Wildman–Crippen LogP) is 4.74. The molecule has 0 amide bonds. The maximum Gasteiger partial charge on any atom is 0.0716 e. The Morgan fingerprint density at radius 1 is 1.04 bits per heavy atom. The molecular weight excluding hydrogens is 282 g/mol. The van der Waals surface area contributed by atoms with E-state index in [1.807, 2.05) is 0 Å². The van der Waals surface area contributed by atoms with Gasteiger partial charge in [-0.3, -0.25) is 0 Å². The molecule has 1 aromatic rings. The Morgan fingerprint density at radius 3 is 2.48 bits per heavy atom. The van der Waals surface area contributed by atoms with Crippen molar-refractivity contribution in [2.45, 2.75) is 52.6 Å². The summed E-state index contributed by atoms with van der Waals surface area (Å²) in [6, 6.07) is 10.5. The van der Waals surface area contributed by atoms with Crippen molar-refractivity contribution in [3.8, 4) is 0 Å². The normalized spacial score (nSPS) is 27.6. The summed E-state index contributed by atoms with van der Waals surface area (Å²) in [6.07, 6.45) is 6.87. The Kier molecular flexibility index (Phi) is 5.76. The second kappa shape index (κ2) is 7.81. The van der Waals surface area contributed by atoms with Crippen LogP contribution < -0.4 is 0 Å². The van der Waals surface area contributed by atoms with E-state index in [9.17, 15) is 0 Å². The van der Waals surface area contributed by atoms with Crippen LogP contribution in [-0.4, -0.2) is 31.1 Å². The topological polar surface area (TPSA) is 12.5 Å². The van der Waals surface area contributed by atoms with Crippen LogP contribution in [0.5, 0.6) is 0 Å². The number of piperidine rings is 1. The SMILES string of the molecule is CC1(C)C(CN2CCCCC2)C[C@@H]1CCOCc1ccccc1. The molecule has 1 heterocycles. The summed E-state index contributed by atoms with van der Waals surface area (Å²) in [5.74, 6) is 1.73. The highest BCUT2D eigenvalue weighted by atomic mass is 16.5. The molecule has 1 aromatic carbocycles. The molecule has 1 aliphatic heterocycles. The minimum absolute atomic E-state index is 0.494. The van der Waals surface area contributed by atoms with Crippen molar-refractivity contribution in [1.82, 2.24) is 4.90 Å². The first-order valence-electron chi connectivity index (χ1n) is 9.50. The van der Waals surface area contributed by atoms with Crippen LogP contribution in [0.25, 0.3) is 0 Å². The second-order valence-corrected chi connectivity index (χ2v) is 8.14. The van der Waals surface area contributed by atoms with Gasteiger partial charge in [-0.25, -0.2) is 0 Å². The monoisotopic (exact) mass is 315 g/mol. The summed E-state index contributed by atoms with van der Waals surface area (Å²) < 4.78 is 5.89. The fraction of sp³-hybridized carbons (Fsp3) is 0.714. The van der Waals surface area contributed by atoms with E-state index >= 15 is 0 Å². The Morgan fingerprint density at radius 2 is 1.78 bits per heavy atom. The fourth-order valence-corrected chi connectivity index (χ4v) is 4.37. The Hall–Kier alpha value is -0.860. The minimum Gasteiger partial charge on any atom is -0.377 e. The molecule has 1 unspecified atom stereocenters. The highest BCUT2D eigenvalue weighted by molar-refractivity contribution is 5.13. The summed E-state index contributed by atoms with van der Waals surface area (Å²) in [4.78, 5) is 2.71. The number of ether oxygens (including phenoxy) is 1. The molecule has 0 bridgehead atoms. The molecule has 23 heavy (non-hydrogen) atoms. The first-order chi connectivity index (χ1) is 11.2. The van der Waals surface area contributed by atoms with Crippen LogP contribution in [0.15, 0.2) is 30.3 Å². The fourth-order valence-electron chi connectivity index (χ4n) is 4.37. The van der Waals surface area contributed by atoms with E-state index in [4.69, 9.17) is 4.74 Å². The molecule has 2 aliphatic rings. The summed E-state index contributed by atoms with van der Waals surface area (Å²) in [5.41, 5.74) is 1.77. The van der Waals surface area contributed by atoms with Gasteiger partial charge in [-0.05, 0) is 61.6 Å². The number of hydrogen-bond donors (Lipinski definition) is 0. The van der Waals surface area contributed by atoms with E-state index in [0.717, 1.165) is 25.0 Å². The Labute approximate surface area is 142 Å². The third kappa shape index (κ3) is 4.36. The molecule has 2 nitrogen and oxygen atoms in total. The maximum absolute atomic E-state index is 5.89. The second-order valence-electron chi connectivity index (χ2n) is 8.14. The van der Waals surface area contributed by atoms with E-state index in [0.29, 0.717) is 5.41 Å². The molecule has 3 rings (SSSR count). The van der Waals surface area contributed by atoms with Crippen LogP contribution >= 0.6 is 0 Å². The van der Waals surface area contributed by atoms with Gasteiger partial charge in [-0.2, -0.15) is 0 Å². The van der Waals surface area contributed by atoms with E-state index < -0.39 is 0 Å².